The molecule has 1 atom stereocenters. The van der Waals surface area contributed by atoms with Crippen molar-refractivity contribution in [2.75, 3.05) is 0 Å². The lowest BCUT2D eigenvalue weighted by atomic mass is 9.86. The molecule has 0 bridgehead atoms. The summed E-state index contributed by atoms with van der Waals surface area (Å²) in [5, 5.41) is 27.5. The Labute approximate surface area is 135 Å². The monoisotopic (exact) mass is 331 g/mol. The molecule has 0 fully saturated rings. The first-order chi connectivity index (χ1) is 10.9. The van der Waals surface area contributed by atoms with Gasteiger partial charge in [0, 0.05) is 16.6 Å². The summed E-state index contributed by atoms with van der Waals surface area (Å²) in [7, 11) is 0. The predicted octanol–water partition coefficient (Wildman–Crippen LogP) is 2.72. The summed E-state index contributed by atoms with van der Waals surface area (Å²) in [6, 6.07) is 5.13. The second-order valence-electron chi connectivity index (χ2n) is 5.37. The van der Waals surface area contributed by atoms with E-state index in [0.29, 0.717) is 16.3 Å². The zero-order valence-electron chi connectivity index (χ0n) is 12.4. The minimum atomic E-state index is -0.515. The molecule has 0 aliphatic carbocycles. The van der Waals surface area contributed by atoms with Crippen LogP contribution >= 0.6 is 11.3 Å². The maximum atomic E-state index is 11.0. The topological polar surface area (TPSA) is 131 Å². The van der Waals surface area contributed by atoms with Crippen LogP contribution in [0, 0.1) is 21.4 Å². The number of nitro groups is 1. The molecular formula is C14H13N5O3S. The number of aromatic nitrogens is 2. The van der Waals surface area contributed by atoms with Gasteiger partial charge in [-0.05, 0) is 12.0 Å². The van der Waals surface area contributed by atoms with Crippen LogP contribution in [0.15, 0.2) is 23.6 Å². The SMILES string of the molecule is CC(C)c1[nH]nc2c1C(c1ccc([N+](=O)[O-])s1)C(C#N)=C(N)O2. The van der Waals surface area contributed by atoms with Crippen LogP contribution in [0.4, 0.5) is 5.00 Å². The van der Waals surface area contributed by atoms with Gasteiger partial charge in [0.2, 0.25) is 11.8 Å². The number of hydrogen-bond acceptors (Lipinski definition) is 7. The fraction of sp³-hybridized carbons (Fsp3) is 0.286. The Morgan fingerprint density at radius 3 is 2.87 bits per heavy atom. The van der Waals surface area contributed by atoms with E-state index in [1.54, 1.807) is 6.07 Å². The van der Waals surface area contributed by atoms with Gasteiger partial charge in [0.1, 0.15) is 11.6 Å². The summed E-state index contributed by atoms with van der Waals surface area (Å²) in [5.41, 5.74) is 7.60. The molecule has 3 N–H and O–H groups in total. The Morgan fingerprint density at radius 2 is 2.30 bits per heavy atom. The molecule has 9 heteroatoms. The van der Waals surface area contributed by atoms with Crippen molar-refractivity contribution >= 4 is 16.3 Å². The number of rotatable bonds is 3. The van der Waals surface area contributed by atoms with Crippen LogP contribution in [-0.2, 0) is 0 Å². The van der Waals surface area contributed by atoms with Crippen molar-refractivity contribution in [3.8, 4) is 11.9 Å². The van der Waals surface area contributed by atoms with Gasteiger partial charge in [-0.3, -0.25) is 15.2 Å². The number of nitrogens with one attached hydrogen (secondary N) is 1. The summed E-state index contributed by atoms with van der Waals surface area (Å²) in [5.74, 6) is -0.112. The summed E-state index contributed by atoms with van der Waals surface area (Å²) in [6.45, 7) is 3.96. The number of thiophene rings is 1. The molecule has 0 aromatic carbocycles. The number of ether oxygens (including phenoxy) is 1. The minimum absolute atomic E-state index is 0.0125. The van der Waals surface area contributed by atoms with Gasteiger partial charge in [-0.2, -0.15) is 5.26 Å². The van der Waals surface area contributed by atoms with Gasteiger partial charge in [0.25, 0.3) is 0 Å². The molecule has 8 nitrogen and oxygen atoms in total. The fourth-order valence-corrected chi connectivity index (χ4v) is 3.53. The van der Waals surface area contributed by atoms with Gasteiger partial charge in [0.05, 0.1) is 16.4 Å². The molecule has 0 spiro atoms. The summed E-state index contributed by atoms with van der Waals surface area (Å²) >= 11 is 1.02. The second-order valence-corrected chi connectivity index (χ2v) is 6.46. The summed E-state index contributed by atoms with van der Waals surface area (Å²) in [6.07, 6.45) is 0. The molecule has 1 aliphatic rings. The van der Waals surface area contributed by atoms with Gasteiger partial charge in [-0.25, -0.2) is 0 Å². The van der Waals surface area contributed by atoms with Crippen LogP contribution in [0.1, 0.15) is 41.8 Å². The molecular weight excluding hydrogens is 318 g/mol. The molecule has 23 heavy (non-hydrogen) atoms. The van der Waals surface area contributed by atoms with Crippen molar-refractivity contribution in [3.05, 3.63) is 49.8 Å². The van der Waals surface area contributed by atoms with E-state index in [2.05, 4.69) is 16.3 Å². The highest BCUT2D eigenvalue weighted by Gasteiger charge is 2.37. The molecule has 2 aromatic rings. The van der Waals surface area contributed by atoms with Crippen LogP contribution in [0.3, 0.4) is 0 Å². The van der Waals surface area contributed by atoms with Crippen molar-refractivity contribution in [2.24, 2.45) is 5.73 Å². The Balaban J connectivity index is 2.21. The smallest absolute Gasteiger partial charge is 0.324 e. The highest BCUT2D eigenvalue weighted by atomic mass is 32.1. The number of nitriles is 1. The van der Waals surface area contributed by atoms with Gasteiger partial charge in [-0.15, -0.1) is 5.10 Å². The van der Waals surface area contributed by atoms with E-state index in [1.165, 1.54) is 6.07 Å². The molecule has 0 saturated heterocycles. The van der Waals surface area contributed by atoms with E-state index in [1.807, 2.05) is 13.8 Å². The highest BCUT2D eigenvalue weighted by molar-refractivity contribution is 7.15. The zero-order chi connectivity index (χ0) is 16.7. The third-order valence-electron chi connectivity index (χ3n) is 3.62. The first-order valence-corrected chi connectivity index (χ1v) is 7.65. The Bertz CT molecular complexity index is 858. The second kappa shape index (κ2) is 5.40. The molecule has 0 amide bonds. The number of hydrogen-bond donors (Lipinski definition) is 2. The molecule has 3 rings (SSSR count). The molecule has 1 unspecified atom stereocenters. The number of aromatic amines is 1. The van der Waals surface area contributed by atoms with E-state index in [0.717, 1.165) is 17.0 Å². The van der Waals surface area contributed by atoms with Crippen molar-refractivity contribution in [1.29, 1.82) is 5.26 Å². The summed E-state index contributed by atoms with van der Waals surface area (Å²) in [4.78, 5) is 11.2. The summed E-state index contributed by atoms with van der Waals surface area (Å²) < 4.78 is 5.44. The van der Waals surface area contributed by atoms with Gasteiger partial charge < -0.3 is 10.5 Å². The first kappa shape index (κ1) is 15.1. The third-order valence-corrected chi connectivity index (χ3v) is 4.72. The predicted molar refractivity (Wildman–Crippen MR) is 82.9 cm³/mol. The van der Waals surface area contributed by atoms with E-state index >= 15 is 0 Å². The molecule has 0 saturated carbocycles. The standard InChI is InChI=1S/C14H13N5O3S/c1-6(2)12-11-10(8-3-4-9(23-8)19(20)21)7(5-15)13(16)22-14(11)18-17-12/h3-4,6,10H,16H2,1-2H3,(H,17,18). The van der Waals surface area contributed by atoms with Crippen molar-refractivity contribution in [3.63, 3.8) is 0 Å². The average Bonchev–Trinajstić information content (AvgIpc) is 3.12. The average molecular weight is 331 g/mol. The van der Waals surface area contributed by atoms with Crippen molar-refractivity contribution in [1.82, 2.24) is 10.2 Å². The molecule has 118 valence electrons. The van der Waals surface area contributed by atoms with Crippen molar-refractivity contribution in [2.45, 2.75) is 25.7 Å². The van der Waals surface area contributed by atoms with Crippen LogP contribution in [0.2, 0.25) is 0 Å². The van der Waals surface area contributed by atoms with Crippen LogP contribution < -0.4 is 10.5 Å². The third kappa shape index (κ3) is 2.33. The Kier molecular flexibility index (Phi) is 3.54. The normalized spacial score (nSPS) is 16.9. The zero-order valence-corrected chi connectivity index (χ0v) is 13.2. The fourth-order valence-electron chi connectivity index (χ4n) is 2.59. The van der Waals surface area contributed by atoms with Crippen LogP contribution in [0.25, 0.3) is 0 Å². The van der Waals surface area contributed by atoms with Gasteiger partial charge in [0.15, 0.2) is 0 Å². The lowest BCUT2D eigenvalue weighted by molar-refractivity contribution is -0.380. The number of nitrogens with two attached hydrogens (primary N) is 1. The molecule has 3 heterocycles. The van der Waals surface area contributed by atoms with Gasteiger partial charge in [-0.1, -0.05) is 25.2 Å². The number of H-pyrrole nitrogens is 1. The highest BCUT2D eigenvalue weighted by Crippen LogP contribution is 2.47. The minimum Gasteiger partial charge on any atom is -0.420 e. The molecule has 0 radical (unpaired) electrons. The van der Waals surface area contributed by atoms with Crippen LogP contribution in [0.5, 0.6) is 5.88 Å². The number of fused-ring (bicyclic) bond motifs is 1. The lowest BCUT2D eigenvalue weighted by Gasteiger charge is -2.23. The van der Waals surface area contributed by atoms with E-state index in [4.69, 9.17) is 10.5 Å². The lowest BCUT2D eigenvalue weighted by Crippen LogP contribution is -2.21. The first-order valence-electron chi connectivity index (χ1n) is 6.83. The van der Waals surface area contributed by atoms with E-state index in [-0.39, 0.29) is 22.4 Å². The van der Waals surface area contributed by atoms with Gasteiger partial charge >= 0.3 is 5.00 Å². The Hall–Kier alpha value is -2.86. The number of nitrogens with zero attached hydrogens (tertiary/aromatic N) is 3. The largest absolute Gasteiger partial charge is 0.420 e. The van der Waals surface area contributed by atoms with Crippen molar-refractivity contribution < 1.29 is 9.66 Å². The number of allylic oxidation sites excluding steroid dienone is 1. The molecule has 2 aromatic heterocycles. The maximum absolute atomic E-state index is 11.0. The maximum Gasteiger partial charge on any atom is 0.324 e. The van der Waals surface area contributed by atoms with E-state index < -0.39 is 10.8 Å². The van der Waals surface area contributed by atoms with E-state index in [9.17, 15) is 15.4 Å². The van der Waals surface area contributed by atoms with Crippen LogP contribution in [-0.4, -0.2) is 15.1 Å². The Morgan fingerprint density at radius 1 is 1.57 bits per heavy atom. The molecule has 1 aliphatic heterocycles. The quantitative estimate of drug-likeness (QED) is 0.656.